The van der Waals surface area contributed by atoms with Crippen molar-refractivity contribution in [2.75, 3.05) is 54.5 Å². The molecule has 3 heterocycles. The van der Waals surface area contributed by atoms with E-state index in [0.717, 1.165) is 49.2 Å². The highest BCUT2D eigenvalue weighted by Crippen LogP contribution is 2.31. The van der Waals surface area contributed by atoms with Crippen LogP contribution in [0.2, 0.25) is 0 Å². The second-order valence-corrected chi connectivity index (χ2v) is 10.5. The second kappa shape index (κ2) is 10.9. The number of piperazine rings is 1. The zero-order valence-electron chi connectivity index (χ0n) is 23.0. The minimum Gasteiger partial charge on any atom is -0.368 e. The molecule has 10 heteroatoms. The number of aryl methyl sites for hydroxylation is 1. The Morgan fingerprint density at radius 1 is 1.00 bits per heavy atom. The van der Waals surface area contributed by atoms with Crippen LogP contribution in [0.4, 0.5) is 23.1 Å². The highest BCUT2D eigenvalue weighted by atomic mass is 16.6. The summed E-state index contributed by atoms with van der Waals surface area (Å²) in [7, 11) is 2.02. The van der Waals surface area contributed by atoms with Gasteiger partial charge in [0.05, 0.1) is 17.2 Å². The van der Waals surface area contributed by atoms with E-state index in [-0.39, 0.29) is 17.6 Å². The molecule has 2 aromatic carbocycles. The number of rotatable bonds is 6. The summed E-state index contributed by atoms with van der Waals surface area (Å²) >= 11 is 0. The number of para-hydroxylation sites is 1. The van der Waals surface area contributed by atoms with Crippen molar-refractivity contribution < 1.29 is 9.72 Å². The molecule has 204 valence electrons. The number of nitro benzene ring substituents is 1. The Bertz CT molecular complexity index is 1370. The van der Waals surface area contributed by atoms with Crippen LogP contribution >= 0.6 is 0 Å². The van der Waals surface area contributed by atoms with Crippen molar-refractivity contribution in [1.29, 1.82) is 0 Å². The minimum absolute atomic E-state index is 0.0428. The van der Waals surface area contributed by atoms with Gasteiger partial charge in [-0.05, 0) is 39.0 Å². The maximum Gasteiger partial charge on any atom is 0.273 e. The van der Waals surface area contributed by atoms with Crippen molar-refractivity contribution in [3.05, 3.63) is 81.0 Å². The molecule has 0 N–H and O–H groups in total. The second-order valence-electron chi connectivity index (χ2n) is 10.5. The molecule has 0 spiro atoms. The molecule has 1 amide bonds. The van der Waals surface area contributed by atoms with Crippen molar-refractivity contribution in [3.8, 4) is 0 Å². The molecule has 2 aliphatic rings. The Hall–Kier alpha value is -4.21. The van der Waals surface area contributed by atoms with Crippen LogP contribution in [0.1, 0.15) is 41.0 Å². The van der Waals surface area contributed by atoms with Gasteiger partial charge in [-0.2, -0.15) is 4.98 Å². The fourth-order valence-corrected chi connectivity index (χ4v) is 5.16. The molecule has 1 aromatic heterocycles. The Labute approximate surface area is 229 Å². The molecule has 3 aromatic rings. The van der Waals surface area contributed by atoms with Crippen LogP contribution in [0.3, 0.4) is 0 Å². The lowest BCUT2D eigenvalue weighted by molar-refractivity contribution is -0.385. The van der Waals surface area contributed by atoms with Gasteiger partial charge in [0, 0.05) is 80.7 Å². The van der Waals surface area contributed by atoms with Crippen molar-refractivity contribution in [1.82, 2.24) is 14.9 Å². The molecule has 10 nitrogen and oxygen atoms in total. The van der Waals surface area contributed by atoms with Crippen molar-refractivity contribution in [3.63, 3.8) is 0 Å². The summed E-state index contributed by atoms with van der Waals surface area (Å²) in [6.07, 6.45) is 0.605. The van der Waals surface area contributed by atoms with Crippen LogP contribution in [-0.2, 0) is 13.0 Å². The highest BCUT2D eigenvalue weighted by Gasteiger charge is 2.30. The third-order valence-corrected chi connectivity index (χ3v) is 7.76. The number of amides is 1. The molecule has 0 atom stereocenters. The number of fused-ring (bicyclic) bond motifs is 1. The van der Waals surface area contributed by atoms with E-state index in [1.54, 1.807) is 24.0 Å². The average molecular weight is 530 g/mol. The number of nitrogens with zero attached hydrogens (tertiary/aromatic N) is 7. The molecule has 0 aliphatic carbocycles. The van der Waals surface area contributed by atoms with Gasteiger partial charge in [0.2, 0.25) is 5.95 Å². The van der Waals surface area contributed by atoms with Crippen molar-refractivity contribution in [2.45, 2.75) is 39.8 Å². The fourth-order valence-electron chi connectivity index (χ4n) is 5.16. The van der Waals surface area contributed by atoms with E-state index in [4.69, 9.17) is 9.97 Å². The summed E-state index contributed by atoms with van der Waals surface area (Å²) in [6.45, 7) is 10.2. The van der Waals surface area contributed by atoms with Gasteiger partial charge in [-0.1, -0.05) is 24.3 Å². The van der Waals surface area contributed by atoms with Gasteiger partial charge < -0.3 is 19.6 Å². The monoisotopic (exact) mass is 529 g/mol. The first-order chi connectivity index (χ1) is 18.7. The lowest BCUT2D eigenvalue weighted by Crippen LogP contribution is -2.47. The predicted molar refractivity (Wildman–Crippen MR) is 153 cm³/mol. The van der Waals surface area contributed by atoms with E-state index in [1.807, 2.05) is 13.1 Å². The zero-order valence-corrected chi connectivity index (χ0v) is 23.0. The molecule has 0 saturated carbocycles. The average Bonchev–Trinajstić information content (AvgIpc) is 2.96. The molecule has 0 unspecified atom stereocenters. The third kappa shape index (κ3) is 5.36. The van der Waals surface area contributed by atoms with Crippen LogP contribution in [0, 0.1) is 17.0 Å². The molecule has 2 aliphatic heterocycles. The van der Waals surface area contributed by atoms with Gasteiger partial charge in [-0.3, -0.25) is 14.9 Å². The normalized spacial score (nSPS) is 15.4. The van der Waals surface area contributed by atoms with E-state index in [1.165, 1.54) is 11.8 Å². The SMILES string of the molecule is Cc1ccc(C(=O)N2CCc3nc(N4CCN(c5ccccc5)CC4)nc(N(C)C(C)C)c3C2)cc1[N+](=O)[O-]. The number of carbonyl (C=O) groups is 1. The quantitative estimate of drug-likeness (QED) is 0.348. The lowest BCUT2D eigenvalue weighted by Gasteiger charge is -2.38. The van der Waals surface area contributed by atoms with Crippen LogP contribution in [0.25, 0.3) is 0 Å². The van der Waals surface area contributed by atoms with Crippen LogP contribution in [0.15, 0.2) is 48.5 Å². The number of aromatic nitrogens is 2. The number of hydrogen-bond donors (Lipinski definition) is 0. The number of carbonyl (C=O) groups excluding carboxylic acids is 1. The molecule has 5 rings (SSSR count). The van der Waals surface area contributed by atoms with Gasteiger partial charge >= 0.3 is 0 Å². The first kappa shape index (κ1) is 26.4. The van der Waals surface area contributed by atoms with Crippen LogP contribution in [-0.4, -0.2) is 71.5 Å². The third-order valence-electron chi connectivity index (χ3n) is 7.76. The lowest BCUT2D eigenvalue weighted by atomic mass is 10.0. The van der Waals surface area contributed by atoms with E-state index in [0.29, 0.717) is 30.6 Å². The molecular formula is C29H35N7O3. The predicted octanol–water partition coefficient (Wildman–Crippen LogP) is 4.06. The van der Waals surface area contributed by atoms with Crippen LogP contribution < -0.4 is 14.7 Å². The molecule has 39 heavy (non-hydrogen) atoms. The Balaban J connectivity index is 1.39. The van der Waals surface area contributed by atoms with Gasteiger partial charge in [-0.25, -0.2) is 4.98 Å². The van der Waals surface area contributed by atoms with Gasteiger partial charge in [0.15, 0.2) is 0 Å². The molecule has 1 fully saturated rings. The highest BCUT2D eigenvalue weighted by molar-refractivity contribution is 5.95. The summed E-state index contributed by atoms with van der Waals surface area (Å²) in [4.78, 5) is 42.9. The number of benzene rings is 2. The summed E-state index contributed by atoms with van der Waals surface area (Å²) in [6, 6.07) is 15.3. The number of anilines is 3. The molecule has 0 radical (unpaired) electrons. The summed E-state index contributed by atoms with van der Waals surface area (Å²) in [5, 5.41) is 11.4. The fraction of sp³-hybridized carbons (Fsp3) is 0.414. The van der Waals surface area contributed by atoms with E-state index in [9.17, 15) is 14.9 Å². The van der Waals surface area contributed by atoms with Crippen molar-refractivity contribution in [2.24, 2.45) is 0 Å². The molecular weight excluding hydrogens is 494 g/mol. The number of nitro groups is 1. The van der Waals surface area contributed by atoms with Crippen LogP contribution in [0.5, 0.6) is 0 Å². The Morgan fingerprint density at radius 2 is 1.69 bits per heavy atom. The first-order valence-corrected chi connectivity index (χ1v) is 13.4. The largest absolute Gasteiger partial charge is 0.368 e. The molecule has 0 bridgehead atoms. The van der Waals surface area contributed by atoms with Gasteiger partial charge in [0.25, 0.3) is 11.6 Å². The molecule has 1 saturated heterocycles. The first-order valence-electron chi connectivity index (χ1n) is 13.4. The van der Waals surface area contributed by atoms with Crippen molar-refractivity contribution >= 4 is 29.0 Å². The van der Waals surface area contributed by atoms with E-state index < -0.39 is 4.92 Å². The van der Waals surface area contributed by atoms with Gasteiger partial charge in [0.1, 0.15) is 5.82 Å². The maximum absolute atomic E-state index is 13.4. The van der Waals surface area contributed by atoms with E-state index >= 15 is 0 Å². The summed E-state index contributed by atoms with van der Waals surface area (Å²) in [5.41, 5.74) is 3.95. The Morgan fingerprint density at radius 3 is 2.36 bits per heavy atom. The smallest absolute Gasteiger partial charge is 0.273 e. The maximum atomic E-state index is 13.4. The Kier molecular flexibility index (Phi) is 7.36. The standard InChI is InChI=1S/C29H35N7O3/c1-20(2)32(4)27-24-19-35(28(37)22-11-10-21(3)26(18-22)36(38)39)13-12-25(24)30-29(31-27)34-16-14-33(15-17-34)23-8-6-5-7-9-23/h5-11,18,20H,12-17,19H2,1-4H3. The topological polar surface area (TPSA) is 99.0 Å². The van der Waals surface area contributed by atoms with Gasteiger partial charge in [-0.15, -0.1) is 0 Å². The summed E-state index contributed by atoms with van der Waals surface area (Å²) < 4.78 is 0. The summed E-state index contributed by atoms with van der Waals surface area (Å²) in [5.74, 6) is 1.35. The minimum atomic E-state index is -0.442. The van der Waals surface area contributed by atoms with E-state index in [2.05, 4.69) is 52.8 Å². The number of hydrogen-bond acceptors (Lipinski definition) is 8. The zero-order chi connectivity index (χ0) is 27.7.